The van der Waals surface area contributed by atoms with Crippen molar-refractivity contribution in [3.63, 3.8) is 0 Å². The normalized spacial score (nSPS) is 10.0. The van der Waals surface area contributed by atoms with Crippen LogP contribution >= 0.6 is 0 Å². The molecular formula is C10H10F2N2O2. The van der Waals surface area contributed by atoms with E-state index in [1.807, 2.05) is 6.07 Å². The molecule has 0 spiro atoms. The monoisotopic (exact) mass is 228 g/mol. The molecular weight excluding hydrogens is 218 g/mol. The number of aromatic nitrogens is 1. The van der Waals surface area contributed by atoms with E-state index in [0.29, 0.717) is 0 Å². The van der Waals surface area contributed by atoms with Crippen LogP contribution in [0.1, 0.15) is 17.7 Å². The number of nitriles is 1. The number of hydrogen-bond donors (Lipinski definition) is 0. The van der Waals surface area contributed by atoms with Crippen molar-refractivity contribution in [1.82, 2.24) is 4.98 Å². The second kappa shape index (κ2) is 5.26. The Morgan fingerprint density at radius 1 is 1.44 bits per heavy atom. The van der Waals surface area contributed by atoms with Crippen molar-refractivity contribution < 1.29 is 18.3 Å². The SMILES string of the molecule is COc1cc(C(F)F)c(OC)c(CC#N)n1. The van der Waals surface area contributed by atoms with Crippen molar-refractivity contribution in [1.29, 1.82) is 5.26 Å². The number of ether oxygens (including phenoxy) is 2. The van der Waals surface area contributed by atoms with Crippen LogP contribution in [0.15, 0.2) is 6.07 Å². The molecule has 0 amide bonds. The van der Waals surface area contributed by atoms with E-state index in [0.717, 1.165) is 6.07 Å². The van der Waals surface area contributed by atoms with Gasteiger partial charge in [0.2, 0.25) is 5.88 Å². The molecule has 4 nitrogen and oxygen atoms in total. The average molecular weight is 228 g/mol. The van der Waals surface area contributed by atoms with Crippen molar-refractivity contribution in [3.8, 4) is 17.7 Å². The number of alkyl halides is 2. The first kappa shape index (κ1) is 12.2. The average Bonchev–Trinajstić information content (AvgIpc) is 2.28. The maximum absolute atomic E-state index is 12.7. The van der Waals surface area contributed by atoms with E-state index in [1.54, 1.807) is 0 Å². The summed E-state index contributed by atoms with van der Waals surface area (Å²) in [5, 5.41) is 8.56. The van der Waals surface area contributed by atoms with Crippen LogP contribution in [0.2, 0.25) is 0 Å². The van der Waals surface area contributed by atoms with Gasteiger partial charge < -0.3 is 9.47 Å². The van der Waals surface area contributed by atoms with Gasteiger partial charge in [0.25, 0.3) is 6.43 Å². The Bertz CT molecular complexity index is 416. The number of methoxy groups -OCH3 is 2. The lowest BCUT2D eigenvalue weighted by Gasteiger charge is -2.12. The number of nitrogens with zero attached hydrogens (tertiary/aromatic N) is 2. The molecule has 0 unspecified atom stereocenters. The van der Waals surface area contributed by atoms with Crippen LogP contribution in [0.5, 0.6) is 11.6 Å². The maximum Gasteiger partial charge on any atom is 0.267 e. The topological polar surface area (TPSA) is 55.1 Å². The van der Waals surface area contributed by atoms with Crippen LogP contribution in [0.25, 0.3) is 0 Å². The third-order valence-electron chi connectivity index (χ3n) is 1.94. The predicted molar refractivity (Wildman–Crippen MR) is 51.6 cm³/mol. The molecule has 0 radical (unpaired) electrons. The van der Waals surface area contributed by atoms with Gasteiger partial charge in [-0.25, -0.2) is 13.8 Å². The second-order valence-corrected chi connectivity index (χ2v) is 2.87. The summed E-state index contributed by atoms with van der Waals surface area (Å²) in [4.78, 5) is 3.89. The van der Waals surface area contributed by atoms with Crippen molar-refractivity contribution in [2.24, 2.45) is 0 Å². The van der Waals surface area contributed by atoms with Crippen molar-refractivity contribution in [2.75, 3.05) is 14.2 Å². The molecule has 0 N–H and O–H groups in total. The van der Waals surface area contributed by atoms with Gasteiger partial charge in [0.1, 0.15) is 5.69 Å². The fraction of sp³-hybridized carbons (Fsp3) is 0.400. The van der Waals surface area contributed by atoms with Gasteiger partial charge in [-0.05, 0) is 0 Å². The Morgan fingerprint density at radius 3 is 2.56 bits per heavy atom. The molecule has 0 bridgehead atoms. The Labute approximate surface area is 91.4 Å². The summed E-state index contributed by atoms with van der Waals surface area (Å²) in [6.07, 6.45) is -2.82. The van der Waals surface area contributed by atoms with E-state index >= 15 is 0 Å². The lowest BCUT2D eigenvalue weighted by atomic mass is 10.1. The third-order valence-corrected chi connectivity index (χ3v) is 1.94. The fourth-order valence-corrected chi connectivity index (χ4v) is 1.28. The van der Waals surface area contributed by atoms with E-state index in [9.17, 15) is 8.78 Å². The fourth-order valence-electron chi connectivity index (χ4n) is 1.28. The highest BCUT2D eigenvalue weighted by Gasteiger charge is 2.20. The molecule has 0 fully saturated rings. The van der Waals surface area contributed by atoms with Gasteiger partial charge in [0.15, 0.2) is 5.75 Å². The summed E-state index contributed by atoms with van der Waals surface area (Å²) in [7, 11) is 2.58. The lowest BCUT2D eigenvalue weighted by Crippen LogP contribution is -2.02. The molecule has 0 aliphatic rings. The van der Waals surface area contributed by atoms with Gasteiger partial charge >= 0.3 is 0 Å². The quantitative estimate of drug-likeness (QED) is 0.791. The number of rotatable bonds is 4. The highest BCUT2D eigenvalue weighted by atomic mass is 19.3. The molecule has 16 heavy (non-hydrogen) atoms. The van der Waals surface area contributed by atoms with Gasteiger partial charge in [0.05, 0.1) is 32.3 Å². The van der Waals surface area contributed by atoms with Crippen molar-refractivity contribution in [2.45, 2.75) is 12.8 Å². The summed E-state index contributed by atoms with van der Waals surface area (Å²) in [5.74, 6) is -0.0151. The molecule has 0 saturated heterocycles. The van der Waals surface area contributed by atoms with Gasteiger partial charge in [-0.15, -0.1) is 0 Å². The minimum Gasteiger partial charge on any atom is -0.494 e. The molecule has 1 heterocycles. The van der Waals surface area contributed by atoms with Crippen LogP contribution < -0.4 is 9.47 Å². The zero-order valence-corrected chi connectivity index (χ0v) is 8.83. The van der Waals surface area contributed by atoms with Gasteiger partial charge in [-0.3, -0.25) is 0 Å². The molecule has 0 saturated carbocycles. The third kappa shape index (κ3) is 2.37. The van der Waals surface area contributed by atoms with Crippen LogP contribution in [0.3, 0.4) is 0 Å². The summed E-state index contributed by atoms with van der Waals surface area (Å²) < 4.78 is 35.0. The predicted octanol–water partition coefficient (Wildman–Crippen LogP) is 2.10. The van der Waals surface area contributed by atoms with E-state index in [2.05, 4.69) is 4.98 Å². The summed E-state index contributed by atoms with van der Waals surface area (Å²) >= 11 is 0. The highest BCUT2D eigenvalue weighted by Crippen LogP contribution is 2.33. The van der Waals surface area contributed by atoms with Gasteiger partial charge in [0, 0.05) is 6.07 Å². The Hall–Kier alpha value is -1.90. The van der Waals surface area contributed by atoms with E-state index in [4.69, 9.17) is 14.7 Å². The molecule has 86 valence electrons. The molecule has 0 aliphatic heterocycles. The first-order valence-electron chi connectivity index (χ1n) is 4.41. The molecule has 1 aromatic rings. The Morgan fingerprint density at radius 2 is 2.12 bits per heavy atom. The molecule has 0 aliphatic carbocycles. The van der Waals surface area contributed by atoms with E-state index in [-0.39, 0.29) is 29.3 Å². The second-order valence-electron chi connectivity index (χ2n) is 2.87. The standard InChI is InChI=1S/C10H10F2N2O2/c1-15-8-5-6(10(11)12)9(16-2)7(14-8)3-4-13/h5,10H,3H2,1-2H3. The number of hydrogen-bond acceptors (Lipinski definition) is 4. The number of halogens is 2. The van der Waals surface area contributed by atoms with Crippen LogP contribution in [0.4, 0.5) is 8.78 Å². The van der Waals surface area contributed by atoms with Crippen molar-refractivity contribution >= 4 is 0 Å². The molecule has 1 aromatic heterocycles. The van der Waals surface area contributed by atoms with Crippen LogP contribution in [-0.4, -0.2) is 19.2 Å². The maximum atomic E-state index is 12.7. The molecule has 1 rings (SSSR count). The molecule has 0 aromatic carbocycles. The first-order chi connectivity index (χ1) is 7.63. The minimum atomic E-state index is -2.70. The lowest BCUT2D eigenvalue weighted by molar-refractivity contribution is 0.146. The highest BCUT2D eigenvalue weighted by molar-refractivity contribution is 5.42. The van der Waals surface area contributed by atoms with Gasteiger partial charge in [-0.1, -0.05) is 0 Å². The first-order valence-corrected chi connectivity index (χ1v) is 4.41. The van der Waals surface area contributed by atoms with E-state index in [1.165, 1.54) is 14.2 Å². The molecule has 0 atom stereocenters. The summed E-state index contributed by atoms with van der Waals surface area (Å²) in [5.41, 5.74) is -0.167. The van der Waals surface area contributed by atoms with Crippen molar-refractivity contribution in [3.05, 3.63) is 17.3 Å². The number of pyridine rings is 1. The smallest absolute Gasteiger partial charge is 0.267 e. The Balaban J connectivity index is 3.35. The summed E-state index contributed by atoms with van der Waals surface area (Å²) in [6, 6.07) is 2.93. The minimum absolute atomic E-state index is 0.0429. The largest absolute Gasteiger partial charge is 0.494 e. The zero-order valence-electron chi connectivity index (χ0n) is 8.83. The van der Waals surface area contributed by atoms with Crippen LogP contribution in [-0.2, 0) is 6.42 Å². The summed E-state index contributed by atoms with van der Waals surface area (Å²) in [6.45, 7) is 0. The van der Waals surface area contributed by atoms with Crippen LogP contribution in [0, 0.1) is 11.3 Å². The zero-order chi connectivity index (χ0) is 12.1. The van der Waals surface area contributed by atoms with E-state index < -0.39 is 6.43 Å². The van der Waals surface area contributed by atoms with Gasteiger partial charge in [-0.2, -0.15) is 5.26 Å². The Kier molecular flexibility index (Phi) is 4.00. The molecule has 6 heteroatoms.